The number of rotatable bonds is 6. The number of nitrogens with two attached hydrogens (primary N) is 1. The summed E-state index contributed by atoms with van der Waals surface area (Å²) in [4.78, 5) is 0. The molecule has 1 saturated carbocycles. The number of hydrogen-bond donors (Lipinski definition) is 3. The van der Waals surface area contributed by atoms with Crippen LogP contribution in [0.1, 0.15) is 38.5 Å². The summed E-state index contributed by atoms with van der Waals surface area (Å²) in [5, 5.41) is 18.9. The van der Waals surface area contributed by atoms with Crippen molar-refractivity contribution in [1.29, 1.82) is 0 Å². The molecule has 0 aromatic heterocycles. The minimum atomic E-state index is -0.748. The number of unbranched alkanes of at least 4 members (excludes halogenated alkanes) is 1. The van der Waals surface area contributed by atoms with E-state index in [2.05, 4.69) is 0 Å². The van der Waals surface area contributed by atoms with Crippen molar-refractivity contribution in [3.05, 3.63) is 0 Å². The highest BCUT2D eigenvalue weighted by molar-refractivity contribution is 6.45. The molecule has 0 aromatic carbocycles. The Morgan fingerprint density at radius 3 is 2.84 bits per heavy atom. The molecule has 4 N–H and O–H groups in total. The maximum Gasteiger partial charge on any atom is 0.460 e. The molecule has 1 heterocycles. The highest BCUT2D eigenvalue weighted by Gasteiger charge is 2.44. The average molecular weight is 271 g/mol. The molecule has 5 nitrogen and oxygen atoms in total. The van der Waals surface area contributed by atoms with Crippen LogP contribution in [0.3, 0.4) is 0 Å². The van der Waals surface area contributed by atoms with Gasteiger partial charge in [0.2, 0.25) is 0 Å². The standard InChI is InChI=1S/C13H26BNO4/c15-9-11-7-10-3-4-13(18-6-2-1-5-16)12(8-10)14(17)19-11/h10-13,16-17H,1-9,15H2. The fourth-order valence-corrected chi connectivity index (χ4v) is 3.32. The number of aliphatic hydroxyl groups excluding tert-OH is 1. The molecule has 0 amide bonds. The summed E-state index contributed by atoms with van der Waals surface area (Å²) in [6.45, 7) is 1.34. The summed E-state index contributed by atoms with van der Waals surface area (Å²) in [5.41, 5.74) is 5.67. The van der Waals surface area contributed by atoms with Crippen LogP contribution in [0.5, 0.6) is 0 Å². The van der Waals surface area contributed by atoms with Crippen LogP contribution in [-0.4, -0.2) is 49.2 Å². The van der Waals surface area contributed by atoms with Gasteiger partial charge in [-0.2, -0.15) is 0 Å². The number of ether oxygens (including phenoxy) is 1. The fourth-order valence-electron chi connectivity index (χ4n) is 3.32. The molecule has 6 heteroatoms. The van der Waals surface area contributed by atoms with Crippen LogP contribution in [0.25, 0.3) is 0 Å². The highest BCUT2D eigenvalue weighted by Crippen LogP contribution is 2.41. The van der Waals surface area contributed by atoms with Crippen molar-refractivity contribution in [3.8, 4) is 0 Å². The molecule has 110 valence electrons. The Labute approximate surface area is 115 Å². The van der Waals surface area contributed by atoms with Crippen molar-refractivity contribution >= 4 is 7.12 Å². The highest BCUT2D eigenvalue weighted by atomic mass is 16.5. The average Bonchev–Trinajstić information content (AvgIpc) is 2.55. The summed E-state index contributed by atoms with van der Waals surface area (Å²) >= 11 is 0. The number of fused-ring (bicyclic) bond motifs is 2. The van der Waals surface area contributed by atoms with Crippen LogP contribution >= 0.6 is 0 Å². The van der Waals surface area contributed by atoms with Crippen LogP contribution < -0.4 is 5.73 Å². The molecule has 1 aliphatic carbocycles. The molecule has 1 saturated heterocycles. The van der Waals surface area contributed by atoms with Gasteiger partial charge in [0.25, 0.3) is 0 Å². The van der Waals surface area contributed by atoms with E-state index in [1.165, 1.54) is 0 Å². The Hall–Kier alpha value is -0.135. The Kier molecular flexibility index (Phi) is 6.10. The van der Waals surface area contributed by atoms with Gasteiger partial charge in [-0.25, -0.2) is 0 Å². The van der Waals surface area contributed by atoms with Crippen molar-refractivity contribution < 1.29 is 19.5 Å². The summed E-state index contributed by atoms with van der Waals surface area (Å²) in [6.07, 6.45) is 5.77. The predicted molar refractivity (Wildman–Crippen MR) is 73.7 cm³/mol. The molecular formula is C13H26BNO4. The molecule has 2 rings (SSSR count). The van der Waals surface area contributed by atoms with Crippen LogP contribution in [0.2, 0.25) is 5.82 Å². The Morgan fingerprint density at radius 2 is 2.11 bits per heavy atom. The molecule has 1 aliphatic heterocycles. The minimum Gasteiger partial charge on any atom is -0.427 e. The van der Waals surface area contributed by atoms with Gasteiger partial charge in [0, 0.05) is 25.6 Å². The summed E-state index contributed by atoms with van der Waals surface area (Å²) in [6, 6.07) is 0. The van der Waals surface area contributed by atoms with E-state index in [0.717, 1.165) is 38.5 Å². The smallest absolute Gasteiger partial charge is 0.427 e. The number of aliphatic hydroxyl groups is 1. The monoisotopic (exact) mass is 271 g/mol. The van der Waals surface area contributed by atoms with Gasteiger partial charge in [-0.3, -0.25) is 0 Å². The van der Waals surface area contributed by atoms with Gasteiger partial charge < -0.3 is 25.3 Å². The zero-order valence-electron chi connectivity index (χ0n) is 11.5. The van der Waals surface area contributed by atoms with Crippen LogP contribution in [-0.2, 0) is 9.39 Å². The molecule has 0 spiro atoms. The zero-order chi connectivity index (χ0) is 13.7. The Balaban J connectivity index is 1.86. The quantitative estimate of drug-likeness (QED) is 0.485. The predicted octanol–water partition coefficient (Wildman–Crippen LogP) is 0.542. The molecule has 2 fully saturated rings. The number of hydrogen-bond acceptors (Lipinski definition) is 5. The minimum absolute atomic E-state index is 0.0156. The lowest BCUT2D eigenvalue weighted by atomic mass is 9.61. The summed E-state index contributed by atoms with van der Waals surface area (Å²) in [5.74, 6) is 0.678. The third-order valence-corrected chi connectivity index (χ3v) is 4.38. The summed E-state index contributed by atoms with van der Waals surface area (Å²) in [7, 11) is -0.748. The van der Waals surface area contributed by atoms with Crippen molar-refractivity contribution in [2.45, 2.75) is 56.6 Å². The SMILES string of the molecule is NCC1CC2CCC(OCCCCO)C(C2)B(O)O1. The maximum absolute atomic E-state index is 10.2. The van der Waals surface area contributed by atoms with E-state index in [0.29, 0.717) is 19.1 Å². The van der Waals surface area contributed by atoms with Crippen molar-refractivity contribution in [3.63, 3.8) is 0 Å². The van der Waals surface area contributed by atoms with Gasteiger partial charge in [-0.05, 0) is 44.4 Å². The molecule has 0 radical (unpaired) electrons. The van der Waals surface area contributed by atoms with Gasteiger partial charge >= 0.3 is 7.12 Å². The van der Waals surface area contributed by atoms with Gasteiger partial charge in [-0.1, -0.05) is 0 Å². The molecule has 2 aliphatic rings. The fraction of sp³-hybridized carbons (Fsp3) is 1.00. The third kappa shape index (κ3) is 4.16. The first kappa shape index (κ1) is 15.3. The van der Waals surface area contributed by atoms with E-state index in [9.17, 15) is 5.02 Å². The Morgan fingerprint density at radius 1 is 1.26 bits per heavy atom. The molecule has 2 bridgehead atoms. The molecule has 0 aromatic rings. The maximum atomic E-state index is 10.2. The zero-order valence-corrected chi connectivity index (χ0v) is 11.5. The van der Waals surface area contributed by atoms with Gasteiger partial charge in [0.15, 0.2) is 0 Å². The largest absolute Gasteiger partial charge is 0.460 e. The van der Waals surface area contributed by atoms with E-state index in [-0.39, 0.29) is 24.6 Å². The first-order valence-electron chi connectivity index (χ1n) is 7.50. The molecule has 19 heavy (non-hydrogen) atoms. The van der Waals surface area contributed by atoms with Crippen molar-refractivity contribution in [2.75, 3.05) is 19.8 Å². The Bertz CT molecular complexity index is 269. The lowest BCUT2D eigenvalue weighted by molar-refractivity contribution is 0.0115. The van der Waals surface area contributed by atoms with Crippen molar-refractivity contribution in [1.82, 2.24) is 0 Å². The molecule has 4 unspecified atom stereocenters. The first-order chi connectivity index (χ1) is 9.24. The topological polar surface area (TPSA) is 84.9 Å². The van der Waals surface area contributed by atoms with E-state index >= 15 is 0 Å². The van der Waals surface area contributed by atoms with E-state index in [1.807, 2.05) is 0 Å². The van der Waals surface area contributed by atoms with Gasteiger partial charge in [0.1, 0.15) is 0 Å². The van der Waals surface area contributed by atoms with E-state index < -0.39 is 7.12 Å². The van der Waals surface area contributed by atoms with Crippen LogP contribution in [0.4, 0.5) is 0 Å². The third-order valence-electron chi connectivity index (χ3n) is 4.38. The lowest BCUT2D eigenvalue weighted by Gasteiger charge is -2.34. The summed E-state index contributed by atoms with van der Waals surface area (Å²) < 4.78 is 11.5. The van der Waals surface area contributed by atoms with Crippen molar-refractivity contribution in [2.24, 2.45) is 11.7 Å². The van der Waals surface area contributed by atoms with Gasteiger partial charge in [-0.15, -0.1) is 0 Å². The van der Waals surface area contributed by atoms with Gasteiger partial charge in [0.05, 0.1) is 12.2 Å². The second kappa shape index (κ2) is 7.60. The van der Waals surface area contributed by atoms with Crippen LogP contribution in [0.15, 0.2) is 0 Å². The molecule has 4 atom stereocenters. The lowest BCUT2D eigenvalue weighted by Crippen LogP contribution is -2.38. The van der Waals surface area contributed by atoms with Crippen LogP contribution in [0, 0.1) is 5.92 Å². The van der Waals surface area contributed by atoms with E-state index in [1.54, 1.807) is 0 Å². The second-order valence-corrected chi connectivity index (χ2v) is 5.80. The molecular weight excluding hydrogens is 245 g/mol. The van der Waals surface area contributed by atoms with E-state index in [4.69, 9.17) is 20.2 Å². The second-order valence-electron chi connectivity index (χ2n) is 5.80. The first-order valence-corrected chi connectivity index (χ1v) is 7.50. The normalized spacial score (nSPS) is 35.2.